The average molecular weight is 227 g/mol. The van der Waals surface area contributed by atoms with E-state index < -0.39 is 6.10 Å². The van der Waals surface area contributed by atoms with Gasteiger partial charge in [0.1, 0.15) is 6.10 Å². The maximum absolute atomic E-state index is 11.0. The number of hydrogen-bond acceptors (Lipinski definition) is 4. The molecule has 5 nitrogen and oxygen atoms in total. The van der Waals surface area contributed by atoms with Crippen molar-refractivity contribution >= 4 is 5.91 Å². The Kier molecular flexibility index (Phi) is 4.15. The molecule has 2 aliphatic heterocycles. The molecule has 2 heterocycles. The number of hydrogen-bond donors (Lipinski definition) is 2. The van der Waals surface area contributed by atoms with E-state index in [0.29, 0.717) is 19.2 Å². The van der Waals surface area contributed by atoms with Gasteiger partial charge in [-0.3, -0.25) is 9.69 Å². The standard InChI is InChI=1S/C11H21N3O2/c12-11(15)10-8-14(5-6-16-10)7-9-3-1-2-4-13-9/h9-10,13H,1-8H2,(H2,12,15)/t9-,10?/m0/s1. The van der Waals surface area contributed by atoms with E-state index in [4.69, 9.17) is 10.5 Å². The minimum atomic E-state index is -0.419. The lowest BCUT2D eigenvalue weighted by molar-refractivity contribution is -0.135. The first-order chi connectivity index (χ1) is 7.75. The fourth-order valence-corrected chi connectivity index (χ4v) is 2.43. The first kappa shape index (κ1) is 11.8. The van der Waals surface area contributed by atoms with Crippen LogP contribution in [0.4, 0.5) is 0 Å². The molecule has 5 heteroatoms. The number of piperidine rings is 1. The fourth-order valence-electron chi connectivity index (χ4n) is 2.43. The lowest BCUT2D eigenvalue weighted by Crippen LogP contribution is -2.52. The maximum atomic E-state index is 11.0. The summed E-state index contributed by atoms with van der Waals surface area (Å²) < 4.78 is 5.32. The van der Waals surface area contributed by atoms with Crippen molar-refractivity contribution in [3.05, 3.63) is 0 Å². The van der Waals surface area contributed by atoms with Gasteiger partial charge in [0, 0.05) is 25.7 Å². The van der Waals surface area contributed by atoms with E-state index in [2.05, 4.69) is 10.2 Å². The Balaban J connectivity index is 1.78. The third-order valence-corrected chi connectivity index (χ3v) is 3.36. The van der Waals surface area contributed by atoms with E-state index >= 15 is 0 Å². The van der Waals surface area contributed by atoms with Gasteiger partial charge in [0.05, 0.1) is 6.61 Å². The highest BCUT2D eigenvalue weighted by Gasteiger charge is 2.26. The fraction of sp³-hybridized carbons (Fsp3) is 0.909. The number of carbonyl (C=O) groups is 1. The number of rotatable bonds is 3. The van der Waals surface area contributed by atoms with E-state index in [1.165, 1.54) is 19.3 Å². The van der Waals surface area contributed by atoms with E-state index in [9.17, 15) is 4.79 Å². The Hall–Kier alpha value is -0.650. The molecule has 0 bridgehead atoms. The molecule has 1 amide bonds. The summed E-state index contributed by atoms with van der Waals surface area (Å²) in [7, 11) is 0. The third kappa shape index (κ3) is 3.17. The summed E-state index contributed by atoms with van der Waals surface area (Å²) in [4.78, 5) is 13.3. The summed E-state index contributed by atoms with van der Waals surface area (Å²) >= 11 is 0. The lowest BCUT2D eigenvalue weighted by Gasteiger charge is -2.35. The Labute approximate surface area is 96.3 Å². The van der Waals surface area contributed by atoms with E-state index in [1.807, 2.05) is 0 Å². The average Bonchev–Trinajstić information content (AvgIpc) is 2.30. The van der Waals surface area contributed by atoms with Crippen LogP contribution in [0.15, 0.2) is 0 Å². The number of nitrogens with one attached hydrogen (secondary N) is 1. The second-order valence-electron chi connectivity index (χ2n) is 4.67. The molecule has 0 spiro atoms. The molecule has 2 rings (SSSR count). The number of primary amides is 1. The summed E-state index contributed by atoms with van der Waals surface area (Å²) in [5, 5.41) is 3.51. The topological polar surface area (TPSA) is 67.6 Å². The molecule has 1 unspecified atom stereocenters. The summed E-state index contributed by atoms with van der Waals surface area (Å²) in [6.45, 7) is 4.29. The van der Waals surface area contributed by atoms with Gasteiger partial charge in [0.15, 0.2) is 0 Å². The first-order valence-electron chi connectivity index (χ1n) is 6.12. The number of nitrogens with zero attached hydrogens (tertiary/aromatic N) is 1. The van der Waals surface area contributed by atoms with Gasteiger partial charge in [-0.1, -0.05) is 6.42 Å². The predicted molar refractivity (Wildman–Crippen MR) is 61.0 cm³/mol. The van der Waals surface area contributed by atoms with Crippen LogP contribution in [0.1, 0.15) is 19.3 Å². The van der Waals surface area contributed by atoms with Crippen molar-refractivity contribution in [3.63, 3.8) is 0 Å². The van der Waals surface area contributed by atoms with Gasteiger partial charge < -0.3 is 15.8 Å². The molecule has 0 aromatic heterocycles. The smallest absolute Gasteiger partial charge is 0.247 e. The second kappa shape index (κ2) is 5.61. The van der Waals surface area contributed by atoms with Gasteiger partial charge in [-0.05, 0) is 19.4 Å². The van der Waals surface area contributed by atoms with Crippen LogP contribution in [0.5, 0.6) is 0 Å². The van der Waals surface area contributed by atoms with Crippen molar-refractivity contribution < 1.29 is 9.53 Å². The van der Waals surface area contributed by atoms with Crippen molar-refractivity contribution in [2.24, 2.45) is 5.73 Å². The zero-order valence-electron chi connectivity index (χ0n) is 9.65. The molecule has 0 saturated carbocycles. The van der Waals surface area contributed by atoms with Crippen LogP contribution in [0.25, 0.3) is 0 Å². The molecule has 0 aromatic carbocycles. The van der Waals surface area contributed by atoms with Crippen LogP contribution in [-0.2, 0) is 9.53 Å². The van der Waals surface area contributed by atoms with E-state index in [1.54, 1.807) is 0 Å². The van der Waals surface area contributed by atoms with Crippen LogP contribution >= 0.6 is 0 Å². The molecular weight excluding hydrogens is 206 g/mol. The number of carbonyl (C=O) groups excluding carboxylic acids is 1. The number of morpholine rings is 1. The highest BCUT2D eigenvalue weighted by molar-refractivity contribution is 5.79. The number of ether oxygens (including phenoxy) is 1. The highest BCUT2D eigenvalue weighted by Crippen LogP contribution is 2.11. The summed E-state index contributed by atoms with van der Waals surface area (Å²) in [6.07, 6.45) is 3.40. The monoisotopic (exact) mass is 227 g/mol. The Morgan fingerprint density at radius 3 is 3.06 bits per heavy atom. The molecule has 16 heavy (non-hydrogen) atoms. The van der Waals surface area contributed by atoms with Gasteiger partial charge in [0.25, 0.3) is 0 Å². The molecule has 0 aliphatic carbocycles. The van der Waals surface area contributed by atoms with Crippen molar-refractivity contribution in [2.45, 2.75) is 31.4 Å². The minimum absolute atomic E-state index is 0.346. The number of amides is 1. The third-order valence-electron chi connectivity index (χ3n) is 3.36. The van der Waals surface area contributed by atoms with Gasteiger partial charge in [0.2, 0.25) is 5.91 Å². The Morgan fingerprint density at radius 2 is 2.38 bits per heavy atom. The Morgan fingerprint density at radius 1 is 1.50 bits per heavy atom. The molecule has 3 N–H and O–H groups in total. The van der Waals surface area contributed by atoms with E-state index in [-0.39, 0.29) is 5.91 Å². The first-order valence-corrected chi connectivity index (χ1v) is 6.12. The zero-order valence-corrected chi connectivity index (χ0v) is 9.65. The van der Waals surface area contributed by atoms with Gasteiger partial charge in [-0.2, -0.15) is 0 Å². The van der Waals surface area contributed by atoms with Crippen LogP contribution in [-0.4, -0.2) is 55.7 Å². The van der Waals surface area contributed by atoms with Crippen molar-refractivity contribution in [1.82, 2.24) is 10.2 Å². The van der Waals surface area contributed by atoms with Gasteiger partial charge in [-0.15, -0.1) is 0 Å². The molecule has 92 valence electrons. The zero-order chi connectivity index (χ0) is 11.4. The Bertz CT molecular complexity index is 241. The molecule has 2 fully saturated rings. The van der Waals surface area contributed by atoms with Crippen LogP contribution < -0.4 is 11.1 Å². The second-order valence-corrected chi connectivity index (χ2v) is 4.67. The summed E-state index contributed by atoms with van der Waals surface area (Å²) in [5.74, 6) is -0.346. The van der Waals surface area contributed by atoms with Crippen molar-refractivity contribution in [3.8, 4) is 0 Å². The van der Waals surface area contributed by atoms with Crippen LogP contribution in [0.2, 0.25) is 0 Å². The highest BCUT2D eigenvalue weighted by atomic mass is 16.5. The molecule has 0 aromatic rings. The lowest BCUT2D eigenvalue weighted by atomic mass is 10.0. The maximum Gasteiger partial charge on any atom is 0.247 e. The molecule has 0 radical (unpaired) electrons. The van der Waals surface area contributed by atoms with Crippen molar-refractivity contribution in [2.75, 3.05) is 32.8 Å². The summed E-state index contributed by atoms with van der Waals surface area (Å²) in [5.41, 5.74) is 5.26. The van der Waals surface area contributed by atoms with Crippen LogP contribution in [0.3, 0.4) is 0 Å². The quantitative estimate of drug-likeness (QED) is 0.670. The molecular formula is C11H21N3O2. The normalized spacial score (nSPS) is 32.5. The van der Waals surface area contributed by atoms with Gasteiger partial charge >= 0.3 is 0 Å². The molecule has 2 saturated heterocycles. The van der Waals surface area contributed by atoms with Crippen molar-refractivity contribution in [1.29, 1.82) is 0 Å². The number of nitrogens with two attached hydrogens (primary N) is 1. The minimum Gasteiger partial charge on any atom is -0.367 e. The van der Waals surface area contributed by atoms with E-state index in [0.717, 1.165) is 19.6 Å². The largest absolute Gasteiger partial charge is 0.367 e. The summed E-state index contributed by atoms with van der Waals surface area (Å²) in [6, 6.07) is 0.570. The SMILES string of the molecule is NC(=O)C1CN(C[C@@H]2CCCCN2)CCO1. The van der Waals surface area contributed by atoms with Gasteiger partial charge in [-0.25, -0.2) is 0 Å². The predicted octanol–water partition coefficient (Wildman–Crippen LogP) is -0.685. The molecule has 2 atom stereocenters. The molecule has 2 aliphatic rings. The van der Waals surface area contributed by atoms with Crippen LogP contribution in [0, 0.1) is 0 Å².